The quantitative estimate of drug-likeness (QED) is 0.194. The van der Waals surface area contributed by atoms with Crippen LogP contribution in [0.15, 0.2) is 48.5 Å². The van der Waals surface area contributed by atoms with E-state index in [1.54, 1.807) is 26.0 Å². The molecular formula is C33H51ClN2O8. The van der Waals surface area contributed by atoms with Gasteiger partial charge in [0.2, 0.25) is 0 Å². The second kappa shape index (κ2) is 20.5. The van der Waals surface area contributed by atoms with Gasteiger partial charge in [-0.2, -0.15) is 0 Å². The molecule has 248 valence electrons. The number of nitrogens with two attached hydrogens (primary N) is 1. The van der Waals surface area contributed by atoms with Gasteiger partial charge in [-0.25, -0.2) is 14.4 Å². The number of alkyl carbamates (subject to hydrolysis) is 1. The van der Waals surface area contributed by atoms with Crippen molar-refractivity contribution in [3.63, 3.8) is 0 Å². The molecule has 0 heterocycles. The van der Waals surface area contributed by atoms with Crippen LogP contribution in [-0.4, -0.2) is 49.1 Å². The van der Waals surface area contributed by atoms with Gasteiger partial charge in [-0.1, -0.05) is 52.0 Å². The highest BCUT2D eigenvalue weighted by Crippen LogP contribution is 2.19. The van der Waals surface area contributed by atoms with Gasteiger partial charge in [0.05, 0.1) is 13.2 Å². The van der Waals surface area contributed by atoms with Crippen molar-refractivity contribution in [1.82, 2.24) is 5.32 Å². The first-order chi connectivity index (χ1) is 20.2. The van der Waals surface area contributed by atoms with Crippen LogP contribution in [0.1, 0.15) is 73.4 Å². The Kier molecular flexibility index (Phi) is 18.8. The van der Waals surface area contributed by atoms with Gasteiger partial charge in [-0.15, -0.1) is 12.4 Å². The van der Waals surface area contributed by atoms with E-state index in [4.69, 9.17) is 29.4 Å². The molecule has 11 heteroatoms. The number of ether oxygens (including phenoxy) is 5. The number of amides is 1. The van der Waals surface area contributed by atoms with E-state index in [1.165, 1.54) is 0 Å². The van der Waals surface area contributed by atoms with Crippen LogP contribution in [0.3, 0.4) is 0 Å². The maximum atomic E-state index is 11.9. The van der Waals surface area contributed by atoms with Crippen molar-refractivity contribution in [2.24, 2.45) is 17.6 Å². The number of carbonyl (C=O) groups is 3. The fourth-order valence-corrected chi connectivity index (χ4v) is 3.53. The molecule has 0 aliphatic carbocycles. The lowest BCUT2D eigenvalue weighted by molar-refractivity contribution is -0.154. The van der Waals surface area contributed by atoms with E-state index in [2.05, 4.69) is 5.32 Å². The average Bonchev–Trinajstić information content (AvgIpc) is 2.93. The van der Waals surface area contributed by atoms with E-state index >= 15 is 0 Å². The Morgan fingerprint density at radius 3 is 1.43 bits per heavy atom. The lowest BCUT2D eigenvalue weighted by atomic mass is 10.1. The van der Waals surface area contributed by atoms with Gasteiger partial charge in [0.1, 0.15) is 17.1 Å². The van der Waals surface area contributed by atoms with Crippen LogP contribution in [0.25, 0.3) is 0 Å². The largest absolute Gasteiger partial charge is 0.478 e. The summed E-state index contributed by atoms with van der Waals surface area (Å²) >= 11 is 0. The highest BCUT2D eigenvalue weighted by Gasteiger charge is 2.26. The van der Waals surface area contributed by atoms with E-state index in [9.17, 15) is 14.4 Å². The van der Waals surface area contributed by atoms with Crippen molar-refractivity contribution in [2.75, 3.05) is 13.2 Å². The summed E-state index contributed by atoms with van der Waals surface area (Å²) in [5, 5.41) is 2.69. The molecular weight excluding hydrogens is 588 g/mol. The van der Waals surface area contributed by atoms with Gasteiger partial charge in [-0.05, 0) is 70.0 Å². The molecule has 10 nitrogen and oxygen atoms in total. The second-order valence-corrected chi connectivity index (χ2v) is 11.4. The van der Waals surface area contributed by atoms with Gasteiger partial charge >= 0.3 is 18.0 Å². The zero-order valence-corrected chi connectivity index (χ0v) is 28.3. The molecule has 0 aliphatic rings. The van der Waals surface area contributed by atoms with Gasteiger partial charge in [-0.3, -0.25) is 0 Å². The van der Waals surface area contributed by atoms with Gasteiger partial charge in [0.15, 0.2) is 12.2 Å². The Labute approximate surface area is 268 Å². The van der Waals surface area contributed by atoms with E-state index in [-0.39, 0.29) is 36.2 Å². The van der Waals surface area contributed by atoms with Crippen LogP contribution in [0.2, 0.25) is 0 Å². The number of nitrogens with one attached hydrogen (secondary N) is 1. The molecule has 1 amide bonds. The molecule has 0 unspecified atom stereocenters. The normalized spacial score (nSPS) is 12.1. The summed E-state index contributed by atoms with van der Waals surface area (Å²) in [6.07, 6.45) is -1.69. The molecule has 2 aromatic rings. The standard InChI is InChI=1S/C19H29NO5.C14H21NO3.ClH/c1-7-23-17(21)16(13(2)3)24-15-10-8-14(9-11-15)12-20-18(22)25-19(4,5)6;1-4-17-14(16)13(10(2)3)18-12-7-5-11(9-15)6-8-12;/h8-11,13,16H,7,12H2,1-6H3,(H,20,22);5-8,10,13H,4,9,15H2,1-3H3;1H/t16-;13-;/m00./s1. The summed E-state index contributed by atoms with van der Waals surface area (Å²) in [6.45, 7) is 18.2. The van der Waals surface area contributed by atoms with Crippen LogP contribution in [0.4, 0.5) is 4.79 Å². The van der Waals surface area contributed by atoms with E-state index in [1.807, 2.05) is 84.9 Å². The number of hydrogen-bond acceptors (Lipinski definition) is 9. The molecule has 44 heavy (non-hydrogen) atoms. The maximum Gasteiger partial charge on any atom is 0.407 e. The van der Waals surface area contributed by atoms with Crippen LogP contribution in [0, 0.1) is 11.8 Å². The zero-order valence-electron chi connectivity index (χ0n) is 27.5. The van der Waals surface area contributed by atoms with Crippen molar-refractivity contribution >= 4 is 30.4 Å². The van der Waals surface area contributed by atoms with Crippen molar-refractivity contribution in [1.29, 1.82) is 0 Å². The van der Waals surface area contributed by atoms with E-state index < -0.39 is 23.9 Å². The third kappa shape index (κ3) is 15.8. The first kappa shape index (κ1) is 40.5. The Hall–Kier alpha value is -3.50. The van der Waals surface area contributed by atoms with Crippen molar-refractivity contribution in [2.45, 2.75) is 93.2 Å². The number of hydrogen-bond donors (Lipinski definition) is 2. The molecule has 0 aliphatic heterocycles. The predicted molar refractivity (Wildman–Crippen MR) is 173 cm³/mol. The molecule has 0 saturated heterocycles. The second-order valence-electron chi connectivity index (χ2n) is 11.4. The SMILES string of the molecule is CCOC(=O)[C@@H](Oc1ccc(CN)cc1)C(C)C.CCOC(=O)[C@@H](Oc1ccc(CNC(=O)OC(C)(C)C)cc1)C(C)C.Cl. The Morgan fingerprint density at radius 2 is 1.11 bits per heavy atom. The molecule has 0 saturated carbocycles. The first-order valence-electron chi connectivity index (χ1n) is 14.7. The Bertz CT molecular complexity index is 1120. The Balaban J connectivity index is 0.000000863. The topological polar surface area (TPSA) is 135 Å². The number of carbonyl (C=O) groups excluding carboxylic acids is 3. The fourth-order valence-electron chi connectivity index (χ4n) is 3.53. The number of halogens is 1. The molecule has 2 rings (SSSR count). The number of rotatable bonds is 13. The molecule has 0 spiro atoms. The lowest BCUT2D eigenvalue weighted by Gasteiger charge is -2.21. The summed E-state index contributed by atoms with van der Waals surface area (Å²) in [6, 6.07) is 14.6. The summed E-state index contributed by atoms with van der Waals surface area (Å²) in [7, 11) is 0. The monoisotopic (exact) mass is 638 g/mol. The molecule has 2 atom stereocenters. The molecule has 0 bridgehead atoms. The minimum Gasteiger partial charge on any atom is -0.478 e. The number of esters is 2. The van der Waals surface area contributed by atoms with Gasteiger partial charge < -0.3 is 34.7 Å². The third-order valence-electron chi connectivity index (χ3n) is 5.69. The minimum absolute atomic E-state index is 0. The summed E-state index contributed by atoms with van der Waals surface area (Å²) in [5.41, 5.74) is 6.92. The summed E-state index contributed by atoms with van der Waals surface area (Å²) in [4.78, 5) is 35.3. The van der Waals surface area contributed by atoms with Crippen LogP contribution in [0.5, 0.6) is 11.5 Å². The highest BCUT2D eigenvalue weighted by molar-refractivity contribution is 5.85. The van der Waals surface area contributed by atoms with Gasteiger partial charge in [0.25, 0.3) is 0 Å². The molecule has 2 aromatic carbocycles. The van der Waals surface area contributed by atoms with Crippen LogP contribution < -0.4 is 20.5 Å². The molecule has 0 fully saturated rings. The Morgan fingerprint density at radius 1 is 0.727 bits per heavy atom. The summed E-state index contributed by atoms with van der Waals surface area (Å²) < 4.78 is 26.6. The van der Waals surface area contributed by atoms with E-state index in [0.717, 1.165) is 11.1 Å². The highest BCUT2D eigenvalue weighted by atomic mass is 35.5. The molecule has 0 radical (unpaired) electrons. The van der Waals surface area contributed by atoms with Crippen LogP contribution in [-0.2, 0) is 36.9 Å². The smallest absolute Gasteiger partial charge is 0.407 e. The molecule has 0 aromatic heterocycles. The molecule has 3 N–H and O–H groups in total. The van der Waals surface area contributed by atoms with Crippen molar-refractivity contribution in [3.05, 3.63) is 59.7 Å². The minimum atomic E-state index is -0.648. The lowest BCUT2D eigenvalue weighted by Crippen LogP contribution is -2.34. The fraction of sp³-hybridized carbons (Fsp3) is 0.545. The van der Waals surface area contributed by atoms with Crippen molar-refractivity contribution in [3.8, 4) is 11.5 Å². The summed E-state index contributed by atoms with van der Waals surface area (Å²) in [5.74, 6) is 0.584. The van der Waals surface area contributed by atoms with Crippen LogP contribution >= 0.6 is 12.4 Å². The predicted octanol–water partition coefficient (Wildman–Crippen LogP) is 6.21. The third-order valence-corrected chi connectivity index (χ3v) is 5.69. The average molecular weight is 639 g/mol. The van der Waals surface area contributed by atoms with Crippen molar-refractivity contribution < 1.29 is 38.1 Å². The number of benzene rings is 2. The zero-order chi connectivity index (χ0) is 32.6. The first-order valence-corrected chi connectivity index (χ1v) is 14.7. The van der Waals surface area contributed by atoms with Gasteiger partial charge in [0, 0.05) is 24.9 Å². The maximum absolute atomic E-state index is 11.9. The van der Waals surface area contributed by atoms with E-state index in [0.29, 0.717) is 37.8 Å².